The summed E-state index contributed by atoms with van der Waals surface area (Å²) in [6, 6.07) is 2.74. The molecule has 0 amide bonds. The molecule has 1 fully saturated rings. The predicted octanol–water partition coefficient (Wildman–Crippen LogP) is -0.0924. The van der Waals surface area contributed by atoms with Crippen LogP contribution in [0, 0.1) is 0 Å². The summed E-state index contributed by atoms with van der Waals surface area (Å²) in [6.45, 7) is 0. The number of hydrogen-bond donors (Lipinski definition) is 1. The molecular formula is C14H16NO6S-. The van der Waals surface area contributed by atoms with E-state index in [2.05, 4.69) is 4.72 Å². The lowest BCUT2D eigenvalue weighted by molar-refractivity contribution is -0.297. The van der Waals surface area contributed by atoms with E-state index < -0.39 is 16.0 Å². The van der Waals surface area contributed by atoms with Crippen LogP contribution in [-0.2, 0) is 14.8 Å². The summed E-state index contributed by atoms with van der Waals surface area (Å²) in [7, 11) is -1.08. The minimum atomic E-state index is -3.79. The van der Waals surface area contributed by atoms with Crippen LogP contribution in [0.4, 0.5) is 0 Å². The highest BCUT2D eigenvalue weighted by Crippen LogP contribution is 2.36. The van der Waals surface area contributed by atoms with Gasteiger partial charge in [0.2, 0.25) is 10.0 Å². The second kappa shape index (κ2) is 6.37. The number of benzene rings is 1. The third kappa shape index (κ3) is 3.77. The number of ether oxygens (including phenoxy) is 2. The molecule has 7 nitrogen and oxygen atoms in total. The van der Waals surface area contributed by atoms with E-state index in [0.717, 1.165) is 18.9 Å². The van der Waals surface area contributed by atoms with E-state index in [9.17, 15) is 18.3 Å². The summed E-state index contributed by atoms with van der Waals surface area (Å²) >= 11 is 0. The molecule has 1 N–H and O–H groups in total. The average Bonchev–Trinajstić information content (AvgIpc) is 3.27. The second-order valence-corrected chi connectivity index (χ2v) is 6.48. The zero-order valence-electron chi connectivity index (χ0n) is 12.2. The Balaban J connectivity index is 2.53. The van der Waals surface area contributed by atoms with Crippen molar-refractivity contribution in [3.63, 3.8) is 0 Å². The molecule has 0 aliphatic heterocycles. The maximum absolute atomic E-state index is 12.4. The number of carbonyl (C=O) groups excluding carboxylic acids is 1. The SMILES string of the molecule is COc1cc(/C=C/C(=O)[O-])cc(S(=O)(=O)NC2CC2)c1OC. The minimum Gasteiger partial charge on any atom is -0.545 e. The Morgan fingerprint density at radius 2 is 2.00 bits per heavy atom. The highest BCUT2D eigenvalue weighted by atomic mass is 32.2. The number of carboxylic acids is 1. The van der Waals surface area contributed by atoms with Gasteiger partial charge in [0.05, 0.1) is 20.2 Å². The average molecular weight is 326 g/mol. The molecule has 8 heteroatoms. The van der Waals surface area contributed by atoms with Crippen LogP contribution in [-0.4, -0.2) is 34.6 Å². The van der Waals surface area contributed by atoms with Crippen molar-refractivity contribution >= 4 is 22.1 Å². The zero-order valence-corrected chi connectivity index (χ0v) is 13.0. The lowest BCUT2D eigenvalue weighted by atomic mass is 10.2. The van der Waals surface area contributed by atoms with Gasteiger partial charge in [-0.05, 0) is 36.6 Å². The van der Waals surface area contributed by atoms with E-state index in [1.54, 1.807) is 0 Å². The predicted molar refractivity (Wildman–Crippen MR) is 76.9 cm³/mol. The van der Waals surface area contributed by atoms with Crippen molar-refractivity contribution < 1.29 is 27.8 Å². The summed E-state index contributed by atoms with van der Waals surface area (Å²) in [5, 5.41) is 10.5. The van der Waals surface area contributed by atoms with Crippen molar-refractivity contribution in [2.24, 2.45) is 0 Å². The van der Waals surface area contributed by atoms with Crippen molar-refractivity contribution in [1.29, 1.82) is 0 Å². The Kier molecular flexibility index (Phi) is 4.72. The van der Waals surface area contributed by atoms with Crippen molar-refractivity contribution in [3.8, 4) is 11.5 Å². The molecule has 0 heterocycles. The number of sulfonamides is 1. The maximum atomic E-state index is 12.4. The fraction of sp³-hybridized carbons (Fsp3) is 0.357. The minimum absolute atomic E-state index is 0.0666. The second-order valence-electron chi connectivity index (χ2n) is 4.80. The fourth-order valence-corrected chi connectivity index (χ4v) is 3.41. The van der Waals surface area contributed by atoms with Gasteiger partial charge in [-0.15, -0.1) is 0 Å². The first kappa shape index (κ1) is 16.3. The molecule has 0 bridgehead atoms. The van der Waals surface area contributed by atoms with E-state index >= 15 is 0 Å². The smallest absolute Gasteiger partial charge is 0.244 e. The topological polar surface area (TPSA) is 105 Å². The van der Waals surface area contributed by atoms with Crippen LogP contribution in [0.15, 0.2) is 23.1 Å². The van der Waals surface area contributed by atoms with Crippen LogP contribution >= 0.6 is 0 Å². The number of aliphatic carboxylic acids is 1. The van der Waals surface area contributed by atoms with Crippen LogP contribution in [0.25, 0.3) is 6.08 Å². The van der Waals surface area contributed by atoms with Crippen LogP contribution in [0.5, 0.6) is 11.5 Å². The van der Waals surface area contributed by atoms with Gasteiger partial charge in [0.15, 0.2) is 11.5 Å². The molecular weight excluding hydrogens is 310 g/mol. The third-order valence-electron chi connectivity index (χ3n) is 3.07. The molecule has 2 rings (SSSR count). The van der Waals surface area contributed by atoms with Crippen LogP contribution in [0.2, 0.25) is 0 Å². The Labute approximate surface area is 128 Å². The van der Waals surface area contributed by atoms with Gasteiger partial charge in [-0.1, -0.05) is 6.08 Å². The van der Waals surface area contributed by atoms with Crippen molar-refractivity contribution in [2.75, 3.05) is 14.2 Å². The molecule has 1 aliphatic carbocycles. The lowest BCUT2D eigenvalue weighted by Crippen LogP contribution is -2.26. The Bertz CT molecular complexity index is 706. The largest absolute Gasteiger partial charge is 0.545 e. The van der Waals surface area contributed by atoms with Crippen molar-refractivity contribution in [3.05, 3.63) is 23.8 Å². The Morgan fingerprint density at radius 3 is 2.50 bits per heavy atom. The van der Waals surface area contributed by atoms with Gasteiger partial charge in [-0.3, -0.25) is 0 Å². The number of carboxylic acid groups (broad SMARTS) is 1. The standard InChI is InChI=1S/C14H17NO6S/c1-20-11-7-9(3-6-13(16)17)8-12(14(11)21-2)22(18,19)15-10-4-5-10/h3,6-8,10,15H,4-5H2,1-2H3,(H,16,17)/p-1/b6-3+. The molecule has 0 atom stereocenters. The van der Waals surface area contributed by atoms with Crippen LogP contribution in [0.3, 0.4) is 0 Å². The van der Waals surface area contributed by atoms with Crippen LogP contribution < -0.4 is 19.3 Å². The summed E-state index contributed by atoms with van der Waals surface area (Å²) < 4.78 is 37.7. The fourth-order valence-electron chi connectivity index (χ4n) is 1.89. The van der Waals surface area contributed by atoms with E-state index in [-0.39, 0.29) is 22.4 Å². The monoisotopic (exact) mass is 326 g/mol. The van der Waals surface area contributed by atoms with E-state index in [1.165, 1.54) is 32.4 Å². The quantitative estimate of drug-likeness (QED) is 0.702. The molecule has 0 saturated heterocycles. The van der Waals surface area contributed by atoms with Crippen LogP contribution in [0.1, 0.15) is 18.4 Å². The van der Waals surface area contributed by atoms with Gasteiger partial charge in [0, 0.05) is 6.04 Å². The zero-order chi connectivity index (χ0) is 16.3. The summed E-state index contributed by atoms with van der Waals surface area (Å²) in [5.74, 6) is -1.12. The van der Waals surface area contributed by atoms with E-state index in [0.29, 0.717) is 5.56 Å². The molecule has 22 heavy (non-hydrogen) atoms. The van der Waals surface area contributed by atoms with Gasteiger partial charge in [-0.2, -0.15) is 0 Å². The first-order valence-corrected chi connectivity index (χ1v) is 8.03. The van der Waals surface area contributed by atoms with Crippen molar-refractivity contribution in [2.45, 2.75) is 23.8 Å². The Morgan fingerprint density at radius 1 is 1.32 bits per heavy atom. The first-order valence-electron chi connectivity index (χ1n) is 6.55. The summed E-state index contributed by atoms with van der Waals surface area (Å²) in [6.07, 6.45) is 3.63. The van der Waals surface area contributed by atoms with Gasteiger partial charge < -0.3 is 19.4 Å². The van der Waals surface area contributed by atoms with Gasteiger partial charge in [0.1, 0.15) is 4.90 Å². The molecule has 1 aromatic carbocycles. The number of hydrogen-bond acceptors (Lipinski definition) is 6. The molecule has 0 spiro atoms. The number of methoxy groups -OCH3 is 2. The van der Waals surface area contributed by atoms with Gasteiger partial charge in [-0.25, -0.2) is 13.1 Å². The molecule has 120 valence electrons. The van der Waals surface area contributed by atoms with E-state index in [1.807, 2.05) is 0 Å². The molecule has 1 saturated carbocycles. The van der Waals surface area contributed by atoms with Gasteiger partial charge in [0.25, 0.3) is 0 Å². The number of carbonyl (C=O) groups is 1. The highest BCUT2D eigenvalue weighted by molar-refractivity contribution is 7.89. The number of nitrogens with one attached hydrogen (secondary N) is 1. The number of rotatable bonds is 7. The molecule has 1 aromatic rings. The molecule has 0 radical (unpaired) electrons. The maximum Gasteiger partial charge on any atom is 0.244 e. The van der Waals surface area contributed by atoms with Crippen molar-refractivity contribution in [1.82, 2.24) is 4.72 Å². The lowest BCUT2D eigenvalue weighted by Gasteiger charge is -2.15. The molecule has 0 unspecified atom stereocenters. The third-order valence-corrected chi connectivity index (χ3v) is 4.59. The highest BCUT2D eigenvalue weighted by Gasteiger charge is 2.31. The van der Waals surface area contributed by atoms with E-state index in [4.69, 9.17) is 9.47 Å². The first-order chi connectivity index (χ1) is 10.4. The molecule has 1 aliphatic rings. The molecule has 0 aromatic heterocycles. The Hall–Kier alpha value is -2.06. The van der Waals surface area contributed by atoms with Gasteiger partial charge >= 0.3 is 0 Å². The summed E-state index contributed by atoms with van der Waals surface area (Å²) in [4.78, 5) is 10.4. The summed E-state index contributed by atoms with van der Waals surface area (Å²) in [5.41, 5.74) is 0.345. The normalized spacial score (nSPS) is 15.0.